The second kappa shape index (κ2) is 5.48. The fraction of sp³-hybridized carbons (Fsp3) is 0.375. The van der Waals surface area contributed by atoms with Gasteiger partial charge >= 0.3 is 0 Å². The molecule has 1 atom stereocenters. The molecule has 1 aromatic carbocycles. The normalized spacial score (nSPS) is 17.3. The molecular weight excluding hydrogens is 284 g/mol. The molecule has 0 spiro atoms. The van der Waals surface area contributed by atoms with Gasteiger partial charge in [-0.15, -0.1) is 11.3 Å². The Bertz CT molecular complexity index is 694. The van der Waals surface area contributed by atoms with Crippen molar-refractivity contribution in [3.05, 3.63) is 55.3 Å². The smallest absolute Gasteiger partial charge is 0.272 e. The molecule has 1 aliphatic rings. The lowest BCUT2D eigenvalue weighted by molar-refractivity contribution is -0.385. The highest BCUT2D eigenvalue weighted by Gasteiger charge is 2.22. The molecule has 0 bridgehead atoms. The number of benzene rings is 1. The van der Waals surface area contributed by atoms with Crippen LogP contribution in [-0.2, 0) is 6.42 Å². The number of nitrogens with one attached hydrogen (secondary N) is 1. The average Bonchev–Trinajstić information content (AvgIpc) is 2.91. The third kappa shape index (κ3) is 2.65. The van der Waals surface area contributed by atoms with E-state index in [2.05, 4.69) is 16.8 Å². The summed E-state index contributed by atoms with van der Waals surface area (Å²) in [5.41, 5.74) is 4.21. The second-order valence-corrected chi connectivity index (χ2v) is 6.60. The van der Waals surface area contributed by atoms with E-state index < -0.39 is 0 Å². The first kappa shape index (κ1) is 14.1. The van der Waals surface area contributed by atoms with Gasteiger partial charge in [-0.05, 0) is 61.7 Å². The van der Waals surface area contributed by atoms with Crippen molar-refractivity contribution in [3.63, 3.8) is 0 Å². The zero-order chi connectivity index (χ0) is 15.0. The van der Waals surface area contributed by atoms with E-state index in [4.69, 9.17) is 0 Å². The fourth-order valence-corrected chi connectivity index (χ4v) is 3.96. The largest absolute Gasteiger partial charge is 0.378 e. The van der Waals surface area contributed by atoms with Crippen LogP contribution in [0.5, 0.6) is 0 Å². The van der Waals surface area contributed by atoms with Crippen molar-refractivity contribution in [2.24, 2.45) is 0 Å². The summed E-state index contributed by atoms with van der Waals surface area (Å²) in [4.78, 5) is 12.1. The van der Waals surface area contributed by atoms with Crippen LogP contribution in [0.25, 0.3) is 0 Å². The average molecular weight is 302 g/mol. The maximum atomic E-state index is 11.0. The van der Waals surface area contributed by atoms with Crippen molar-refractivity contribution < 1.29 is 4.92 Å². The maximum Gasteiger partial charge on any atom is 0.272 e. The summed E-state index contributed by atoms with van der Waals surface area (Å²) >= 11 is 1.82. The summed E-state index contributed by atoms with van der Waals surface area (Å²) in [6, 6.07) is 6.08. The van der Waals surface area contributed by atoms with Gasteiger partial charge in [0.2, 0.25) is 0 Å². The van der Waals surface area contributed by atoms with Gasteiger partial charge in [0.15, 0.2) is 0 Å². The third-order valence-corrected chi connectivity index (χ3v) is 5.12. The minimum atomic E-state index is -0.316. The molecule has 4 nitrogen and oxygen atoms in total. The predicted molar refractivity (Wildman–Crippen MR) is 86.2 cm³/mol. The van der Waals surface area contributed by atoms with Gasteiger partial charge in [0, 0.05) is 22.2 Å². The quantitative estimate of drug-likeness (QED) is 0.656. The van der Waals surface area contributed by atoms with Crippen molar-refractivity contribution in [2.75, 3.05) is 5.32 Å². The molecular formula is C16H18N2O2S. The molecule has 0 fully saturated rings. The van der Waals surface area contributed by atoms with E-state index >= 15 is 0 Å². The number of thiophene rings is 1. The molecule has 5 heteroatoms. The Morgan fingerprint density at radius 2 is 2.14 bits per heavy atom. The topological polar surface area (TPSA) is 55.2 Å². The molecule has 1 heterocycles. The van der Waals surface area contributed by atoms with Crippen molar-refractivity contribution in [1.82, 2.24) is 0 Å². The Labute approximate surface area is 128 Å². The molecule has 21 heavy (non-hydrogen) atoms. The molecule has 3 rings (SSSR count). The van der Waals surface area contributed by atoms with Crippen molar-refractivity contribution in [2.45, 2.75) is 39.2 Å². The monoisotopic (exact) mass is 302 g/mol. The number of nitrogens with zero attached hydrogens (tertiary/aromatic N) is 1. The Morgan fingerprint density at radius 1 is 1.33 bits per heavy atom. The first-order valence-corrected chi connectivity index (χ1v) is 8.02. The first-order chi connectivity index (χ1) is 10.1. The number of fused-ring (bicyclic) bond motifs is 1. The molecule has 1 aromatic heterocycles. The van der Waals surface area contributed by atoms with Crippen LogP contribution in [0.4, 0.5) is 11.4 Å². The van der Waals surface area contributed by atoms with Crippen molar-refractivity contribution in [1.29, 1.82) is 0 Å². The Balaban J connectivity index is 1.90. The number of nitro benzene ring substituents is 1. The number of hydrogen-bond acceptors (Lipinski definition) is 4. The number of rotatable bonds is 3. The summed E-state index contributed by atoms with van der Waals surface area (Å²) in [5, 5.41) is 16.7. The predicted octanol–water partition coefficient (Wildman–Crippen LogP) is 4.76. The highest BCUT2D eigenvalue weighted by atomic mass is 32.1. The van der Waals surface area contributed by atoms with Gasteiger partial charge in [0.1, 0.15) is 0 Å². The van der Waals surface area contributed by atoms with E-state index in [1.165, 1.54) is 23.3 Å². The zero-order valence-electron chi connectivity index (χ0n) is 12.2. The highest BCUT2D eigenvalue weighted by molar-refractivity contribution is 7.10. The van der Waals surface area contributed by atoms with Crippen LogP contribution < -0.4 is 5.32 Å². The molecule has 0 saturated heterocycles. The van der Waals surface area contributed by atoms with Gasteiger partial charge in [-0.2, -0.15) is 0 Å². The van der Waals surface area contributed by atoms with Crippen molar-refractivity contribution in [3.8, 4) is 0 Å². The summed E-state index contributed by atoms with van der Waals surface area (Å²) in [6.07, 6.45) is 3.47. The number of nitro groups is 1. The number of aryl methyl sites for hydroxylation is 3. The molecule has 0 aliphatic heterocycles. The molecule has 0 radical (unpaired) electrons. The van der Waals surface area contributed by atoms with Crippen LogP contribution in [-0.4, -0.2) is 4.92 Å². The second-order valence-electron chi connectivity index (χ2n) is 5.60. The standard InChI is InChI=1S/C16H18N2O2S/c1-10-9-15(18(19)20)11(2)8-14(10)17-13-4-3-5-16-12(13)6-7-21-16/h6-9,13,17H,3-5H2,1-2H3. The Kier molecular flexibility index (Phi) is 3.68. The SMILES string of the molecule is Cc1cc([N+](=O)[O-])c(C)cc1NC1CCCc2sccc21. The van der Waals surface area contributed by atoms with Crippen LogP contribution >= 0.6 is 11.3 Å². The molecule has 1 aliphatic carbocycles. The van der Waals surface area contributed by atoms with E-state index in [1.54, 1.807) is 13.0 Å². The van der Waals surface area contributed by atoms with E-state index in [0.29, 0.717) is 11.6 Å². The molecule has 2 aromatic rings. The minimum Gasteiger partial charge on any atom is -0.378 e. The number of hydrogen-bond donors (Lipinski definition) is 1. The van der Waals surface area contributed by atoms with Crippen LogP contribution in [0.1, 0.15) is 40.5 Å². The minimum absolute atomic E-state index is 0.193. The molecule has 1 N–H and O–H groups in total. The van der Waals surface area contributed by atoms with Gasteiger partial charge in [0.25, 0.3) is 5.69 Å². The van der Waals surface area contributed by atoms with E-state index in [1.807, 2.05) is 24.3 Å². The van der Waals surface area contributed by atoms with Gasteiger partial charge < -0.3 is 5.32 Å². The lowest BCUT2D eigenvalue weighted by Gasteiger charge is -2.25. The van der Waals surface area contributed by atoms with E-state index in [9.17, 15) is 10.1 Å². The maximum absolute atomic E-state index is 11.0. The van der Waals surface area contributed by atoms with Gasteiger partial charge in [-0.1, -0.05) is 0 Å². The van der Waals surface area contributed by atoms with Gasteiger partial charge in [-0.3, -0.25) is 10.1 Å². The fourth-order valence-electron chi connectivity index (χ4n) is 2.98. The van der Waals surface area contributed by atoms with E-state index in [-0.39, 0.29) is 10.6 Å². The van der Waals surface area contributed by atoms with Gasteiger partial charge in [-0.25, -0.2) is 0 Å². The Morgan fingerprint density at radius 3 is 2.90 bits per heavy atom. The van der Waals surface area contributed by atoms with Crippen LogP contribution in [0.15, 0.2) is 23.6 Å². The lowest BCUT2D eigenvalue weighted by Crippen LogP contribution is -2.16. The Hall–Kier alpha value is -1.88. The summed E-state index contributed by atoms with van der Waals surface area (Å²) in [6.45, 7) is 3.71. The summed E-state index contributed by atoms with van der Waals surface area (Å²) in [7, 11) is 0. The summed E-state index contributed by atoms with van der Waals surface area (Å²) in [5.74, 6) is 0. The van der Waals surface area contributed by atoms with Crippen LogP contribution in [0.3, 0.4) is 0 Å². The highest BCUT2D eigenvalue weighted by Crippen LogP contribution is 2.37. The third-order valence-electron chi connectivity index (χ3n) is 4.12. The first-order valence-electron chi connectivity index (χ1n) is 7.14. The molecule has 1 unspecified atom stereocenters. The molecule has 110 valence electrons. The van der Waals surface area contributed by atoms with Gasteiger partial charge in [0.05, 0.1) is 11.0 Å². The number of anilines is 1. The lowest BCUT2D eigenvalue weighted by atomic mass is 9.93. The van der Waals surface area contributed by atoms with Crippen molar-refractivity contribution >= 4 is 22.7 Å². The summed E-state index contributed by atoms with van der Waals surface area (Å²) < 4.78 is 0. The van der Waals surface area contributed by atoms with E-state index in [0.717, 1.165) is 17.7 Å². The van der Waals surface area contributed by atoms with Crippen LogP contribution in [0.2, 0.25) is 0 Å². The zero-order valence-corrected chi connectivity index (χ0v) is 13.0. The molecule has 0 saturated carbocycles. The molecule has 0 amide bonds. The van der Waals surface area contributed by atoms with Crippen LogP contribution in [0, 0.1) is 24.0 Å².